The van der Waals surface area contributed by atoms with Crippen LogP contribution < -0.4 is 11.2 Å². The third-order valence-electron chi connectivity index (χ3n) is 7.15. The third-order valence-corrected chi connectivity index (χ3v) is 7.15. The minimum absolute atomic E-state index is 0.00984. The molecule has 214 valence electrons. The molecular weight excluding hydrogens is 537 g/mol. The number of rotatable bonds is 9. The molecule has 0 saturated carbocycles. The Morgan fingerprint density at radius 3 is 1.85 bits per heavy atom. The van der Waals surface area contributed by atoms with Crippen LogP contribution in [0.5, 0.6) is 0 Å². The maximum absolute atomic E-state index is 13.4. The molecule has 1 N–H and O–H groups in total. The summed E-state index contributed by atoms with van der Waals surface area (Å²) < 4.78 is 59.9. The molecule has 3 atom stereocenters. The van der Waals surface area contributed by atoms with Gasteiger partial charge in [-0.2, -0.15) is 13.2 Å². The Hall–Kier alpha value is -3.99. The van der Waals surface area contributed by atoms with Gasteiger partial charge in [0.05, 0.1) is 12.7 Å². The number of hydrogen-bond donors (Lipinski definition) is 1. The van der Waals surface area contributed by atoms with Crippen LogP contribution in [-0.2, 0) is 26.0 Å². The van der Waals surface area contributed by atoms with Gasteiger partial charge in [0.25, 0.3) is 5.56 Å². The van der Waals surface area contributed by atoms with E-state index in [1.165, 1.54) is 0 Å². The molecule has 5 rings (SSSR count). The van der Waals surface area contributed by atoms with Crippen molar-refractivity contribution in [1.29, 1.82) is 0 Å². The molecule has 4 aromatic rings. The number of alkyl halides is 3. The fourth-order valence-corrected chi connectivity index (χ4v) is 5.29. The van der Waals surface area contributed by atoms with Crippen LogP contribution in [0.4, 0.5) is 13.2 Å². The Labute approximate surface area is 234 Å². The molecule has 1 saturated heterocycles. The molecule has 2 heterocycles. The van der Waals surface area contributed by atoms with Crippen LogP contribution in [0.15, 0.2) is 107 Å². The molecule has 0 radical (unpaired) electrons. The molecule has 0 aliphatic carbocycles. The van der Waals surface area contributed by atoms with E-state index in [0.717, 1.165) is 21.3 Å². The van der Waals surface area contributed by atoms with Crippen molar-refractivity contribution in [2.24, 2.45) is 0 Å². The van der Waals surface area contributed by atoms with Crippen LogP contribution in [-0.4, -0.2) is 35.0 Å². The molecule has 10 heteroatoms. The summed E-state index contributed by atoms with van der Waals surface area (Å²) >= 11 is 0. The molecular formula is C31H29F3N2O5. The van der Waals surface area contributed by atoms with E-state index in [2.05, 4.69) is 0 Å². The fraction of sp³-hybridized carbons (Fsp3) is 0.290. The molecule has 41 heavy (non-hydrogen) atoms. The Morgan fingerprint density at radius 1 is 0.878 bits per heavy atom. The molecule has 0 spiro atoms. The highest BCUT2D eigenvalue weighted by Crippen LogP contribution is 2.42. The highest BCUT2D eigenvalue weighted by Gasteiger charge is 2.43. The Morgan fingerprint density at radius 2 is 1.39 bits per heavy atom. The van der Waals surface area contributed by atoms with E-state index in [9.17, 15) is 22.8 Å². The number of hydrogen-bond acceptors (Lipinski definition) is 5. The summed E-state index contributed by atoms with van der Waals surface area (Å²) in [4.78, 5) is 26.1. The number of halogens is 3. The van der Waals surface area contributed by atoms with E-state index in [-0.39, 0.29) is 13.0 Å². The lowest BCUT2D eigenvalue weighted by Gasteiger charge is -2.37. The van der Waals surface area contributed by atoms with Crippen molar-refractivity contribution >= 4 is 0 Å². The summed E-state index contributed by atoms with van der Waals surface area (Å²) in [5.74, 6) is 0. The zero-order valence-corrected chi connectivity index (χ0v) is 22.2. The molecule has 0 unspecified atom stereocenters. The van der Waals surface area contributed by atoms with E-state index in [0.29, 0.717) is 12.8 Å². The molecule has 0 bridgehead atoms. The Kier molecular flexibility index (Phi) is 8.25. The molecule has 3 aromatic carbocycles. The summed E-state index contributed by atoms with van der Waals surface area (Å²) in [6, 6.07) is 29.1. The van der Waals surface area contributed by atoms with Gasteiger partial charge in [0.15, 0.2) is 0 Å². The lowest BCUT2D eigenvalue weighted by molar-refractivity contribution is -0.140. The second-order valence-electron chi connectivity index (χ2n) is 9.66. The second kappa shape index (κ2) is 11.9. The van der Waals surface area contributed by atoms with E-state index >= 15 is 0 Å². The molecule has 1 aliphatic rings. The highest BCUT2D eigenvalue weighted by atomic mass is 19.4. The van der Waals surface area contributed by atoms with Gasteiger partial charge in [0.2, 0.25) is 0 Å². The molecule has 0 amide bonds. The van der Waals surface area contributed by atoms with Crippen LogP contribution in [0.25, 0.3) is 0 Å². The van der Waals surface area contributed by atoms with E-state index < -0.39 is 47.0 Å². The zero-order chi connectivity index (χ0) is 29.0. The first-order chi connectivity index (χ1) is 19.7. The average Bonchev–Trinajstić information content (AvgIpc) is 3.37. The summed E-state index contributed by atoms with van der Waals surface area (Å²) in [5, 5.41) is 0. The van der Waals surface area contributed by atoms with E-state index in [4.69, 9.17) is 14.2 Å². The topological polar surface area (TPSA) is 82.6 Å². The molecule has 1 aromatic heterocycles. The standard InChI is InChI=1S/C31H29F3N2O5/c1-2-39-25-18-27(36-19-24(31(32,33)34)28(37)35-29(36)38)41-26(25)20-40-30(21-12-6-3-7-13-21,22-14-8-4-9-15-22)23-16-10-5-11-17-23/h3-17,19,25-27H,2,18,20H2,1H3,(H,35,37,38)/t25-,26+,27+/m0/s1. The summed E-state index contributed by atoms with van der Waals surface area (Å²) in [7, 11) is 0. The van der Waals surface area contributed by atoms with Crippen molar-refractivity contribution in [3.63, 3.8) is 0 Å². The first kappa shape index (κ1) is 28.5. The molecule has 1 fully saturated rings. The monoisotopic (exact) mass is 566 g/mol. The average molecular weight is 567 g/mol. The van der Waals surface area contributed by atoms with Crippen molar-refractivity contribution in [3.8, 4) is 0 Å². The van der Waals surface area contributed by atoms with Gasteiger partial charge in [-0.05, 0) is 23.6 Å². The number of aromatic nitrogens is 2. The Bertz CT molecular complexity index is 1460. The van der Waals surface area contributed by atoms with Gasteiger partial charge in [0, 0.05) is 19.2 Å². The van der Waals surface area contributed by atoms with Gasteiger partial charge in [-0.25, -0.2) is 4.79 Å². The van der Waals surface area contributed by atoms with E-state index in [1.54, 1.807) is 11.9 Å². The predicted octanol–water partition coefficient (Wildman–Crippen LogP) is 5.26. The largest absolute Gasteiger partial charge is 0.423 e. The summed E-state index contributed by atoms with van der Waals surface area (Å²) in [6.45, 7) is 2.10. The summed E-state index contributed by atoms with van der Waals surface area (Å²) in [5.41, 5.74) is -2.44. The van der Waals surface area contributed by atoms with Crippen molar-refractivity contribution in [2.45, 2.75) is 43.6 Å². The SMILES string of the molecule is CCO[C@H]1C[C@H](n2cc(C(F)(F)F)c(=O)[nH]c2=O)O[C@@H]1COC(c1ccccc1)(c1ccccc1)c1ccccc1. The van der Waals surface area contributed by atoms with Crippen molar-refractivity contribution in [3.05, 3.63) is 140 Å². The predicted molar refractivity (Wildman–Crippen MR) is 145 cm³/mol. The van der Waals surface area contributed by atoms with Crippen LogP contribution in [0.1, 0.15) is 41.8 Å². The second-order valence-corrected chi connectivity index (χ2v) is 9.66. The first-order valence-corrected chi connectivity index (χ1v) is 13.2. The number of nitrogens with one attached hydrogen (secondary N) is 1. The van der Waals surface area contributed by atoms with E-state index in [1.807, 2.05) is 91.0 Å². The van der Waals surface area contributed by atoms with Gasteiger partial charge >= 0.3 is 11.9 Å². The molecule has 1 aliphatic heterocycles. The lowest BCUT2D eigenvalue weighted by Crippen LogP contribution is -2.39. The first-order valence-electron chi connectivity index (χ1n) is 13.2. The van der Waals surface area contributed by atoms with Crippen LogP contribution in [0.3, 0.4) is 0 Å². The highest BCUT2D eigenvalue weighted by molar-refractivity contribution is 5.47. The van der Waals surface area contributed by atoms with Gasteiger partial charge in [0.1, 0.15) is 23.5 Å². The van der Waals surface area contributed by atoms with Crippen molar-refractivity contribution in [1.82, 2.24) is 9.55 Å². The van der Waals surface area contributed by atoms with Crippen LogP contribution in [0, 0.1) is 0 Å². The zero-order valence-electron chi connectivity index (χ0n) is 22.2. The van der Waals surface area contributed by atoms with Crippen molar-refractivity contribution in [2.75, 3.05) is 13.2 Å². The minimum Gasteiger partial charge on any atom is -0.376 e. The van der Waals surface area contributed by atoms with Crippen molar-refractivity contribution < 1.29 is 27.4 Å². The normalized spacial score (nSPS) is 19.4. The van der Waals surface area contributed by atoms with Gasteiger partial charge in [-0.15, -0.1) is 0 Å². The quantitative estimate of drug-likeness (QED) is 0.280. The number of nitrogens with zero attached hydrogens (tertiary/aromatic N) is 1. The summed E-state index contributed by atoms with van der Waals surface area (Å²) in [6.07, 6.45) is -6.78. The number of benzene rings is 3. The van der Waals surface area contributed by atoms with Crippen LogP contribution in [0.2, 0.25) is 0 Å². The number of ether oxygens (including phenoxy) is 3. The minimum atomic E-state index is -4.94. The maximum atomic E-state index is 13.4. The maximum Gasteiger partial charge on any atom is 0.423 e. The lowest BCUT2D eigenvalue weighted by atomic mass is 9.80. The number of aromatic amines is 1. The fourth-order valence-electron chi connectivity index (χ4n) is 5.29. The van der Waals surface area contributed by atoms with Gasteiger partial charge < -0.3 is 14.2 Å². The number of H-pyrrole nitrogens is 1. The van der Waals surface area contributed by atoms with Gasteiger partial charge in [-0.3, -0.25) is 14.3 Å². The molecule has 7 nitrogen and oxygen atoms in total. The smallest absolute Gasteiger partial charge is 0.376 e. The third kappa shape index (κ3) is 5.76. The van der Waals surface area contributed by atoms with Crippen LogP contribution >= 0.6 is 0 Å². The Balaban J connectivity index is 1.53. The van der Waals surface area contributed by atoms with Gasteiger partial charge in [-0.1, -0.05) is 91.0 Å².